The lowest BCUT2D eigenvalue weighted by Gasteiger charge is -2.45. The van der Waals surface area contributed by atoms with Crippen molar-refractivity contribution in [2.45, 2.75) is 58.3 Å². The Hall–Kier alpha value is -0.330. The first-order chi connectivity index (χ1) is 6.27. The van der Waals surface area contributed by atoms with Gasteiger partial charge in [-0.3, -0.25) is 4.79 Å². The lowest BCUT2D eigenvalue weighted by Crippen LogP contribution is -2.43. The number of ketones is 1. The molecule has 2 aliphatic rings. The number of Topliss-reactive ketones (excluding diaryl/α,β-unsaturated/α-hetero) is 1. The van der Waals surface area contributed by atoms with E-state index in [0.29, 0.717) is 5.78 Å². The third-order valence-corrected chi connectivity index (χ3v) is 4.18. The molecule has 74 valence electrons. The van der Waals surface area contributed by atoms with Gasteiger partial charge in [0.2, 0.25) is 0 Å². The fraction of sp³-hybridized carbons (Fsp3) is 0.917. The fourth-order valence-corrected chi connectivity index (χ4v) is 3.04. The minimum atomic E-state index is 0.199. The Morgan fingerprint density at radius 3 is 2.38 bits per heavy atom. The van der Waals surface area contributed by atoms with E-state index in [0.717, 1.165) is 12.3 Å². The molecule has 0 aromatic heterocycles. The zero-order valence-corrected chi connectivity index (χ0v) is 8.64. The van der Waals surface area contributed by atoms with Crippen LogP contribution < -0.4 is 0 Å². The monoisotopic (exact) mass is 180 g/mol. The van der Waals surface area contributed by atoms with Crippen LogP contribution in [0.4, 0.5) is 0 Å². The van der Waals surface area contributed by atoms with Crippen molar-refractivity contribution < 1.29 is 4.79 Å². The molecule has 2 aliphatic carbocycles. The van der Waals surface area contributed by atoms with Gasteiger partial charge in [0, 0.05) is 11.8 Å². The van der Waals surface area contributed by atoms with Crippen LogP contribution in [0.25, 0.3) is 0 Å². The summed E-state index contributed by atoms with van der Waals surface area (Å²) in [5.74, 6) is 1.51. The predicted octanol–water partition coefficient (Wildman–Crippen LogP) is 3.33. The van der Waals surface area contributed by atoms with Crippen molar-refractivity contribution in [2.75, 3.05) is 0 Å². The van der Waals surface area contributed by atoms with E-state index in [1.54, 1.807) is 0 Å². The van der Waals surface area contributed by atoms with Gasteiger partial charge in [-0.2, -0.15) is 0 Å². The van der Waals surface area contributed by atoms with Crippen LogP contribution >= 0.6 is 0 Å². The summed E-state index contributed by atoms with van der Waals surface area (Å²) in [6.07, 6.45) is 9.81. The quantitative estimate of drug-likeness (QED) is 0.637. The Bertz CT molecular complexity index is 199. The molecule has 2 rings (SSSR count). The lowest BCUT2D eigenvalue weighted by atomic mass is 9.58. The van der Waals surface area contributed by atoms with E-state index in [2.05, 4.69) is 6.92 Å². The Balaban J connectivity index is 1.85. The van der Waals surface area contributed by atoms with Crippen LogP contribution in [0.1, 0.15) is 58.3 Å². The van der Waals surface area contributed by atoms with Gasteiger partial charge < -0.3 is 0 Å². The summed E-state index contributed by atoms with van der Waals surface area (Å²) in [7, 11) is 0. The van der Waals surface area contributed by atoms with E-state index in [1.807, 2.05) is 0 Å². The third kappa shape index (κ3) is 1.53. The highest BCUT2D eigenvalue weighted by Gasteiger charge is 2.47. The number of rotatable bonds is 2. The maximum atomic E-state index is 11.5. The van der Waals surface area contributed by atoms with Crippen LogP contribution in [0.15, 0.2) is 0 Å². The third-order valence-electron chi connectivity index (χ3n) is 4.18. The van der Waals surface area contributed by atoms with Crippen LogP contribution in [0, 0.1) is 11.3 Å². The molecule has 0 heterocycles. The fourth-order valence-electron chi connectivity index (χ4n) is 3.04. The average molecular weight is 180 g/mol. The molecule has 0 amide bonds. The molecular weight excluding hydrogens is 160 g/mol. The van der Waals surface area contributed by atoms with E-state index in [1.165, 1.54) is 44.9 Å². The number of hydrogen-bond acceptors (Lipinski definition) is 1. The second-order valence-electron chi connectivity index (χ2n) is 4.94. The van der Waals surface area contributed by atoms with Gasteiger partial charge in [0.25, 0.3) is 0 Å². The molecule has 0 radical (unpaired) electrons. The van der Waals surface area contributed by atoms with Crippen molar-refractivity contribution in [1.29, 1.82) is 0 Å². The highest BCUT2D eigenvalue weighted by Crippen LogP contribution is 2.50. The molecule has 0 atom stereocenters. The summed E-state index contributed by atoms with van der Waals surface area (Å²) in [5.41, 5.74) is 0.199. The van der Waals surface area contributed by atoms with Gasteiger partial charge in [0.15, 0.2) is 0 Å². The largest absolute Gasteiger partial charge is 0.299 e. The molecule has 0 aliphatic heterocycles. The molecule has 1 nitrogen and oxygen atoms in total. The zero-order valence-electron chi connectivity index (χ0n) is 8.64. The van der Waals surface area contributed by atoms with Crippen molar-refractivity contribution >= 4 is 5.78 Å². The Labute approximate surface area is 80.9 Å². The molecule has 0 N–H and O–H groups in total. The van der Waals surface area contributed by atoms with Crippen molar-refractivity contribution in [1.82, 2.24) is 0 Å². The predicted molar refractivity (Wildman–Crippen MR) is 53.5 cm³/mol. The first kappa shape index (κ1) is 9.23. The Kier molecular flexibility index (Phi) is 2.44. The minimum Gasteiger partial charge on any atom is -0.299 e. The van der Waals surface area contributed by atoms with Crippen molar-refractivity contribution in [2.24, 2.45) is 11.3 Å². The number of hydrogen-bond donors (Lipinski definition) is 0. The van der Waals surface area contributed by atoms with Gasteiger partial charge in [0.1, 0.15) is 5.78 Å². The molecular formula is C12H20O. The summed E-state index contributed by atoms with van der Waals surface area (Å²) in [5, 5.41) is 0. The summed E-state index contributed by atoms with van der Waals surface area (Å²) >= 11 is 0. The molecule has 0 saturated heterocycles. The number of carbonyl (C=O) groups is 1. The van der Waals surface area contributed by atoms with Gasteiger partial charge in [0.05, 0.1) is 0 Å². The van der Waals surface area contributed by atoms with Gasteiger partial charge >= 0.3 is 0 Å². The smallest absolute Gasteiger partial charge is 0.139 e. The average Bonchev–Trinajstić information content (AvgIpc) is 2.17. The summed E-state index contributed by atoms with van der Waals surface area (Å²) < 4.78 is 0. The van der Waals surface area contributed by atoms with Gasteiger partial charge in [-0.05, 0) is 38.0 Å². The maximum Gasteiger partial charge on any atom is 0.139 e. The normalized spacial score (nSPS) is 39.2. The molecule has 0 aromatic carbocycles. The standard InChI is InChI=1S/C12H20O/c1-2-3-10-4-7-12(8-5-10)9-6-11(12)13/h10H,2-9H2,1H3. The van der Waals surface area contributed by atoms with E-state index in [-0.39, 0.29) is 5.41 Å². The van der Waals surface area contributed by atoms with E-state index < -0.39 is 0 Å². The molecule has 13 heavy (non-hydrogen) atoms. The van der Waals surface area contributed by atoms with Crippen molar-refractivity contribution in [3.63, 3.8) is 0 Å². The van der Waals surface area contributed by atoms with Crippen LogP contribution in [0.2, 0.25) is 0 Å². The summed E-state index contributed by atoms with van der Waals surface area (Å²) in [4.78, 5) is 11.5. The molecule has 2 fully saturated rings. The number of carbonyl (C=O) groups excluding carboxylic acids is 1. The van der Waals surface area contributed by atoms with Gasteiger partial charge in [-0.15, -0.1) is 0 Å². The molecule has 0 unspecified atom stereocenters. The second-order valence-corrected chi connectivity index (χ2v) is 4.94. The molecule has 0 aromatic rings. The molecule has 2 saturated carbocycles. The Morgan fingerprint density at radius 1 is 1.31 bits per heavy atom. The van der Waals surface area contributed by atoms with Crippen LogP contribution in [-0.4, -0.2) is 5.78 Å². The first-order valence-corrected chi connectivity index (χ1v) is 5.80. The van der Waals surface area contributed by atoms with Crippen LogP contribution in [-0.2, 0) is 4.79 Å². The first-order valence-electron chi connectivity index (χ1n) is 5.80. The molecule has 1 heteroatoms. The van der Waals surface area contributed by atoms with Crippen LogP contribution in [0.5, 0.6) is 0 Å². The topological polar surface area (TPSA) is 17.1 Å². The van der Waals surface area contributed by atoms with Crippen molar-refractivity contribution in [3.8, 4) is 0 Å². The Morgan fingerprint density at radius 2 is 2.00 bits per heavy atom. The summed E-state index contributed by atoms with van der Waals surface area (Å²) in [6, 6.07) is 0. The highest BCUT2D eigenvalue weighted by atomic mass is 16.1. The van der Waals surface area contributed by atoms with E-state index in [4.69, 9.17) is 0 Å². The van der Waals surface area contributed by atoms with E-state index in [9.17, 15) is 4.79 Å². The molecule has 1 spiro atoms. The van der Waals surface area contributed by atoms with Gasteiger partial charge in [-0.1, -0.05) is 19.8 Å². The zero-order chi connectivity index (χ0) is 9.31. The highest BCUT2D eigenvalue weighted by molar-refractivity contribution is 5.90. The van der Waals surface area contributed by atoms with Gasteiger partial charge in [-0.25, -0.2) is 0 Å². The second kappa shape index (κ2) is 3.43. The lowest BCUT2D eigenvalue weighted by molar-refractivity contribution is -0.141. The summed E-state index contributed by atoms with van der Waals surface area (Å²) in [6.45, 7) is 2.26. The molecule has 0 bridgehead atoms. The van der Waals surface area contributed by atoms with Crippen molar-refractivity contribution in [3.05, 3.63) is 0 Å². The maximum absolute atomic E-state index is 11.5. The SMILES string of the molecule is CCCC1CCC2(CCC2=O)CC1. The minimum absolute atomic E-state index is 0.199. The van der Waals surface area contributed by atoms with E-state index >= 15 is 0 Å². The van der Waals surface area contributed by atoms with Crippen LogP contribution in [0.3, 0.4) is 0 Å².